The Bertz CT molecular complexity index is 1460. The molecular formula is C23H18FN5O2. The summed E-state index contributed by atoms with van der Waals surface area (Å²) in [7, 11) is 0. The van der Waals surface area contributed by atoms with Gasteiger partial charge in [0.25, 0.3) is 11.4 Å². The number of hydrogen-bond donors (Lipinski definition) is 0. The van der Waals surface area contributed by atoms with E-state index < -0.39 is 0 Å². The van der Waals surface area contributed by atoms with Gasteiger partial charge in [0, 0.05) is 23.5 Å². The zero-order chi connectivity index (χ0) is 21.5. The first kappa shape index (κ1) is 18.9. The van der Waals surface area contributed by atoms with Gasteiger partial charge in [-0.2, -0.15) is 10.1 Å². The maximum Gasteiger partial charge on any atom is 0.277 e. The van der Waals surface area contributed by atoms with Crippen molar-refractivity contribution >= 4 is 5.52 Å². The van der Waals surface area contributed by atoms with Crippen LogP contribution in [-0.4, -0.2) is 24.3 Å². The molecule has 8 heteroatoms. The molecule has 0 aliphatic rings. The Balaban J connectivity index is 1.47. The number of rotatable bonds is 4. The van der Waals surface area contributed by atoms with Crippen molar-refractivity contribution in [1.29, 1.82) is 0 Å². The Morgan fingerprint density at radius 3 is 2.65 bits per heavy atom. The molecule has 0 amide bonds. The smallest absolute Gasteiger partial charge is 0.277 e. The molecule has 0 atom stereocenters. The van der Waals surface area contributed by atoms with E-state index in [1.165, 1.54) is 16.7 Å². The predicted octanol–water partition coefficient (Wildman–Crippen LogP) is 4.02. The number of fused-ring (bicyclic) bond motifs is 1. The van der Waals surface area contributed by atoms with Gasteiger partial charge in [-0.3, -0.25) is 4.79 Å². The number of aromatic nitrogens is 5. The maximum absolute atomic E-state index is 13.1. The highest BCUT2D eigenvalue weighted by molar-refractivity contribution is 5.69. The highest BCUT2D eigenvalue weighted by atomic mass is 19.1. The van der Waals surface area contributed by atoms with Gasteiger partial charge < -0.3 is 9.09 Å². The third-order valence-electron chi connectivity index (χ3n) is 5.14. The quantitative estimate of drug-likeness (QED) is 0.443. The monoisotopic (exact) mass is 415 g/mol. The second-order valence-corrected chi connectivity index (χ2v) is 7.43. The van der Waals surface area contributed by atoms with Gasteiger partial charge in [0.2, 0.25) is 0 Å². The van der Waals surface area contributed by atoms with Crippen molar-refractivity contribution in [1.82, 2.24) is 24.3 Å². The molecule has 3 aromatic heterocycles. The average Bonchev–Trinajstić information content (AvgIpc) is 3.40. The van der Waals surface area contributed by atoms with Crippen LogP contribution in [0.5, 0.6) is 0 Å². The molecule has 0 bridgehead atoms. The maximum atomic E-state index is 13.1. The van der Waals surface area contributed by atoms with Crippen molar-refractivity contribution in [3.05, 3.63) is 94.0 Å². The average molecular weight is 415 g/mol. The minimum Gasteiger partial charge on any atom is -0.334 e. The van der Waals surface area contributed by atoms with E-state index in [2.05, 4.69) is 21.3 Å². The fraction of sp³-hybridized carbons (Fsp3) is 0.130. The van der Waals surface area contributed by atoms with Crippen LogP contribution in [0.15, 0.2) is 70.2 Å². The van der Waals surface area contributed by atoms with E-state index in [4.69, 9.17) is 4.52 Å². The summed E-state index contributed by atoms with van der Waals surface area (Å²) in [6, 6.07) is 13.7. The molecule has 0 fully saturated rings. The minimum absolute atomic E-state index is 0.143. The molecule has 0 aliphatic carbocycles. The summed E-state index contributed by atoms with van der Waals surface area (Å²) in [6.45, 7) is 4.19. The Kier molecular flexibility index (Phi) is 4.47. The third kappa shape index (κ3) is 3.52. The van der Waals surface area contributed by atoms with E-state index >= 15 is 0 Å². The molecular weight excluding hydrogens is 397 g/mol. The lowest BCUT2D eigenvalue weighted by Crippen LogP contribution is -2.22. The topological polar surface area (TPSA) is 78.2 Å². The summed E-state index contributed by atoms with van der Waals surface area (Å²) in [5, 5.41) is 8.51. The fourth-order valence-electron chi connectivity index (χ4n) is 3.47. The van der Waals surface area contributed by atoms with Crippen molar-refractivity contribution in [2.75, 3.05) is 0 Å². The lowest BCUT2D eigenvalue weighted by atomic mass is 10.0. The number of hydrogen-bond acceptors (Lipinski definition) is 5. The van der Waals surface area contributed by atoms with Gasteiger partial charge in [-0.25, -0.2) is 8.91 Å². The second-order valence-electron chi connectivity index (χ2n) is 7.43. The number of nitrogens with zero attached hydrogens (tertiary/aromatic N) is 5. The van der Waals surface area contributed by atoms with Crippen LogP contribution in [0.1, 0.15) is 17.0 Å². The lowest BCUT2D eigenvalue weighted by Gasteiger charge is -2.03. The second kappa shape index (κ2) is 7.32. The van der Waals surface area contributed by atoms with Crippen LogP contribution < -0.4 is 5.56 Å². The van der Waals surface area contributed by atoms with Crippen molar-refractivity contribution in [2.24, 2.45) is 0 Å². The molecule has 31 heavy (non-hydrogen) atoms. The van der Waals surface area contributed by atoms with E-state index in [-0.39, 0.29) is 23.8 Å². The van der Waals surface area contributed by atoms with Crippen LogP contribution in [0.4, 0.5) is 4.39 Å². The van der Waals surface area contributed by atoms with Crippen molar-refractivity contribution < 1.29 is 8.91 Å². The molecule has 0 aliphatic heterocycles. The third-order valence-corrected chi connectivity index (χ3v) is 5.14. The highest BCUT2D eigenvalue weighted by Crippen LogP contribution is 2.24. The van der Waals surface area contributed by atoms with Crippen LogP contribution in [0.25, 0.3) is 28.2 Å². The van der Waals surface area contributed by atoms with Crippen LogP contribution >= 0.6 is 0 Å². The summed E-state index contributed by atoms with van der Waals surface area (Å²) >= 11 is 0. The molecule has 7 nitrogen and oxygen atoms in total. The summed E-state index contributed by atoms with van der Waals surface area (Å²) < 4.78 is 21.4. The van der Waals surface area contributed by atoms with E-state index in [1.807, 2.05) is 26.0 Å². The van der Waals surface area contributed by atoms with Crippen molar-refractivity contribution in [2.45, 2.75) is 20.4 Å². The van der Waals surface area contributed by atoms with E-state index in [9.17, 15) is 9.18 Å². The van der Waals surface area contributed by atoms with Gasteiger partial charge in [-0.05, 0) is 55.8 Å². The summed E-state index contributed by atoms with van der Waals surface area (Å²) in [6.07, 6.45) is 3.37. The van der Waals surface area contributed by atoms with Gasteiger partial charge in [0.15, 0.2) is 5.82 Å². The zero-order valence-corrected chi connectivity index (χ0v) is 16.9. The SMILES string of the molecule is Cc1ccc(C)c(-c2cc3c(=O)n(Cc4noc(-c5ccc(F)cc5)n4)ccn3n2)c1. The predicted molar refractivity (Wildman–Crippen MR) is 113 cm³/mol. The van der Waals surface area contributed by atoms with Crippen LogP contribution in [0.3, 0.4) is 0 Å². The van der Waals surface area contributed by atoms with E-state index in [0.717, 1.165) is 22.4 Å². The number of benzene rings is 2. The zero-order valence-electron chi connectivity index (χ0n) is 16.9. The van der Waals surface area contributed by atoms with Gasteiger partial charge >= 0.3 is 0 Å². The molecule has 5 rings (SSSR count). The Hall–Kier alpha value is -4.07. The van der Waals surface area contributed by atoms with Gasteiger partial charge in [-0.15, -0.1) is 0 Å². The summed E-state index contributed by atoms with van der Waals surface area (Å²) in [4.78, 5) is 17.3. The molecule has 0 spiro atoms. The van der Waals surface area contributed by atoms with Gasteiger partial charge in [-0.1, -0.05) is 22.9 Å². The van der Waals surface area contributed by atoms with Gasteiger partial charge in [0.1, 0.15) is 11.3 Å². The standard InChI is InChI=1S/C23H18FN5O2/c1-14-3-4-15(2)18(11-14)19-12-20-23(30)28(9-10-29(20)26-19)13-21-25-22(31-27-21)16-5-7-17(24)8-6-16/h3-12H,13H2,1-2H3. The van der Waals surface area contributed by atoms with E-state index in [0.29, 0.717) is 16.9 Å². The molecule has 5 aromatic rings. The van der Waals surface area contributed by atoms with Crippen LogP contribution in [-0.2, 0) is 6.54 Å². The van der Waals surface area contributed by atoms with Crippen molar-refractivity contribution in [3.63, 3.8) is 0 Å². The normalized spacial score (nSPS) is 11.3. The minimum atomic E-state index is -0.343. The molecule has 0 radical (unpaired) electrons. The number of halogens is 1. The summed E-state index contributed by atoms with van der Waals surface area (Å²) in [5.74, 6) is 0.273. The first-order valence-electron chi connectivity index (χ1n) is 9.73. The molecule has 3 heterocycles. The first-order chi connectivity index (χ1) is 15.0. The van der Waals surface area contributed by atoms with Crippen LogP contribution in [0.2, 0.25) is 0 Å². The van der Waals surface area contributed by atoms with E-state index in [1.54, 1.807) is 35.1 Å². The van der Waals surface area contributed by atoms with Gasteiger partial charge in [0.05, 0.1) is 12.2 Å². The fourth-order valence-corrected chi connectivity index (χ4v) is 3.47. The molecule has 0 N–H and O–H groups in total. The Morgan fingerprint density at radius 2 is 1.84 bits per heavy atom. The number of aryl methyl sites for hydroxylation is 2. The largest absolute Gasteiger partial charge is 0.334 e. The van der Waals surface area contributed by atoms with Crippen LogP contribution in [0, 0.1) is 19.7 Å². The Morgan fingerprint density at radius 1 is 1.03 bits per heavy atom. The highest BCUT2D eigenvalue weighted by Gasteiger charge is 2.14. The molecule has 0 saturated heterocycles. The Labute approximate surface area is 176 Å². The lowest BCUT2D eigenvalue weighted by molar-refractivity contribution is 0.420. The molecule has 0 unspecified atom stereocenters. The molecule has 2 aromatic carbocycles. The molecule has 154 valence electrons. The van der Waals surface area contributed by atoms with Crippen molar-refractivity contribution in [3.8, 4) is 22.7 Å². The summed E-state index contributed by atoms with van der Waals surface area (Å²) in [5.41, 5.74) is 4.82. The first-order valence-corrected chi connectivity index (χ1v) is 9.73. The molecule has 0 saturated carbocycles.